The Morgan fingerprint density at radius 1 is 1.53 bits per heavy atom. The first-order chi connectivity index (χ1) is 9.19. The van der Waals surface area contributed by atoms with Gasteiger partial charge in [-0.2, -0.15) is 11.8 Å². The molecule has 1 amide bonds. The molecule has 0 bridgehead atoms. The molecule has 1 rings (SSSR count). The lowest BCUT2D eigenvalue weighted by Gasteiger charge is -2.13. The van der Waals surface area contributed by atoms with Gasteiger partial charge < -0.3 is 10.6 Å². The van der Waals surface area contributed by atoms with E-state index in [0.29, 0.717) is 18.0 Å². The van der Waals surface area contributed by atoms with Gasteiger partial charge in [-0.3, -0.25) is 9.78 Å². The molecule has 5 heteroatoms. The van der Waals surface area contributed by atoms with Crippen molar-refractivity contribution in [3.8, 4) is 0 Å². The maximum atomic E-state index is 12.1. The van der Waals surface area contributed by atoms with Crippen molar-refractivity contribution in [2.75, 3.05) is 30.4 Å². The van der Waals surface area contributed by atoms with E-state index in [0.717, 1.165) is 24.4 Å². The number of nitrogens with one attached hydrogen (secondary N) is 2. The Morgan fingerprint density at radius 2 is 2.32 bits per heavy atom. The van der Waals surface area contributed by atoms with Crippen molar-refractivity contribution < 1.29 is 4.79 Å². The summed E-state index contributed by atoms with van der Waals surface area (Å²) in [5.74, 6) is 1.47. The summed E-state index contributed by atoms with van der Waals surface area (Å²) in [6.45, 7) is 5.78. The summed E-state index contributed by atoms with van der Waals surface area (Å²) < 4.78 is 0. The molecule has 1 atom stereocenters. The van der Waals surface area contributed by atoms with Crippen molar-refractivity contribution in [3.05, 3.63) is 24.0 Å². The molecule has 0 radical (unpaired) electrons. The van der Waals surface area contributed by atoms with Gasteiger partial charge >= 0.3 is 0 Å². The second-order valence-electron chi connectivity index (χ2n) is 4.62. The summed E-state index contributed by atoms with van der Waals surface area (Å²) in [7, 11) is 0. The van der Waals surface area contributed by atoms with E-state index < -0.39 is 0 Å². The van der Waals surface area contributed by atoms with Crippen molar-refractivity contribution in [3.63, 3.8) is 0 Å². The van der Waals surface area contributed by atoms with Gasteiger partial charge in [0.15, 0.2) is 0 Å². The average Bonchev–Trinajstić information content (AvgIpc) is 2.43. The highest BCUT2D eigenvalue weighted by atomic mass is 32.2. The molecule has 0 saturated carbocycles. The van der Waals surface area contributed by atoms with Crippen molar-refractivity contribution in [1.82, 2.24) is 10.3 Å². The van der Waals surface area contributed by atoms with Crippen LogP contribution in [0.25, 0.3) is 0 Å². The third-order valence-corrected chi connectivity index (χ3v) is 3.60. The molecule has 1 unspecified atom stereocenters. The summed E-state index contributed by atoms with van der Waals surface area (Å²) in [4.78, 5) is 16.2. The van der Waals surface area contributed by atoms with Crippen LogP contribution in [-0.2, 0) is 0 Å². The Bertz CT molecular complexity index is 398. The standard InChI is InChI=1S/C14H23N3OS/c1-4-6-16-13-5-7-15-9-12(13)14(18)17-8-11(2)10-19-3/h5,7,9,11H,4,6,8,10H2,1-3H3,(H,15,16)(H,17,18). The fraction of sp³-hybridized carbons (Fsp3) is 0.571. The third kappa shape index (κ3) is 5.51. The van der Waals surface area contributed by atoms with Crippen LogP contribution in [0.3, 0.4) is 0 Å². The molecule has 4 nitrogen and oxygen atoms in total. The van der Waals surface area contributed by atoms with Gasteiger partial charge in [0.2, 0.25) is 0 Å². The van der Waals surface area contributed by atoms with Gasteiger partial charge in [0, 0.05) is 25.5 Å². The minimum Gasteiger partial charge on any atom is -0.384 e. The number of nitrogens with zero attached hydrogens (tertiary/aromatic N) is 1. The number of pyridine rings is 1. The molecule has 0 aliphatic heterocycles. The molecule has 0 aliphatic carbocycles. The van der Waals surface area contributed by atoms with Crippen LogP contribution in [0.4, 0.5) is 5.69 Å². The molecular formula is C14H23N3OS. The molecule has 0 aromatic carbocycles. The van der Waals surface area contributed by atoms with Gasteiger partial charge in [-0.15, -0.1) is 0 Å². The monoisotopic (exact) mass is 281 g/mol. The molecule has 0 spiro atoms. The maximum absolute atomic E-state index is 12.1. The second-order valence-corrected chi connectivity index (χ2v) is 5.53. The van der Waals surface area contributed by atoms with Gasteiger partial charge in [0.1, 0.15) is 0 Å². The van der Waals surface area contributed by atoms with Crippen molar-refractivity contribution in [2.45, 2.75) is 20.3 Å². The van der Waals surface area contributed by atoms with Crippen molar-refractivity contribution >= 4 is 23.4 Å². The maximum Gasteiger partial charge on any atom is 0.254 e. The van der Waals surface area contributed by atoms with Crippen LogP contribution in [0, 0.1) is 5.92 Å². The largest absolute Gasteiger partial charge is 0.384 e. The van der Waals surface area contributed by atoms with E-state index in [1.807, 2.05) is 6.07 Å². The molecule has 1 aromatic rings. The Kier molecular flexibility index (Phi) is 7.33. The van der Waals surface area contributed by atoms with E-state index in [1.165, 1.54) is 0 Å². The predicted molar refractivity (Wildman–Crippen MR) is 82.9 cm³/mol. The van der Waals surface area contributed by atoms with E-state index in [1.54, 1.807) is 24.2 Å². The number of amides is 1. The van der Waals surface area contributed by atoms with Crippen LogP contribution in [0.15, 0.2) is 18.5 Å². The molecule has 1 aromatic heterocycles. The Balaban J connectivity index is 2.60. The van der Waals surface area contributed by atoms with E-state index in [4.69, 9.17) is 0 Å². The van der Waals surface area contributed by atoms with Gasteiger partial charge in [-0.25, -0.2) is 0 Å². The SMILES string of the molecule is CCCNc1ccncc1C(=O)NCC(C)CSC. The summed E-state index contributed by atoms with van der Waals surface area (Å²) >= 11 is 1.80. The van der Waals surface area contributed by atoms with Gasteiger partial charge in [0.25, 0.3) is 5.91 Å². The number of carbonyl (C=O) groups excluding carboxylic acids is 1. The molecule has 0 saturated heterocycles. The van der Waals surface area contributed by atoms with E-state index in [9.17, 15) is 4.79 Å². The number of hydrogen-bond donors (Lipinski definition) is 2. The number of hydrogen-bond acceptors (Lipinski definition) is 4. The van der Waals surface area contributed by atoms with E-state index >= 15 is 0 Å². The Labute approximate surface area is 119 Å². The zero-order valence-corrected chi connectivity index (χ0v) is 12.7. The minimum atomic E-state index is -0.0559. The Morgan fingerprint density at radius 3 is 3.00 bits per heavy atom. The van der Waals surface area contributed by atoms with Crippen molar-refractivity contribution in [1.29, 1.82) is 0 Å². The molecule has 1 heterocycles. The summed E-state index contributed by atoms with van der Waals surface area (Å²) in [6, 6.07) is 1.84. The first-order valence-electron chi connectivity index (χ1n) is 6.64. The number of rotatable bonds is 8. The zero-order chi connectivity index (χ0) is 14.1. The summed E-state index contributed by atoms with van der Waals surface area (Å²) in [5.41, 5.74) is 1.47. The predicted octanol–water partition coefficient (Wildman–Crippen LogP) is 2.63. The first kappa shape index (κ1) is 15.8. The zero-order valence-electron chi connectivity index (χ0n) is 11.9. The lowest BCUT2D eigenvalue weighted by atomic mass is 10.2. The van der Waals surface area contributed by atoms with Crippen LogP contribution in [-0.4, -0.2) is 36.0 Å². The van der Waals surface area contributed by atoms with E-state index in [-0.39, 0.29) is 5.91 Å². The molecule has 19 heavy (non-hydrogen) atoms. The van der Waals surface area contributed by atoms with Gasteiger partial charge in [-0.1, -0.05) is 13.8 Å². The van der Waals surface area contributed by atoms with Crippen LogP contribution >= 0.6 is 11.8 Å². The molecular weight excluding hydrogens is 258 g/mol. The number of carbonyl (C=O) groups is 1. The lowest BCUT2D eigenvalue weighted by Crippen LogP contribution is -2.29. The van der Waals surface area contributed by atoms with Crippen LogP contribution in [0.2, 0.25) is 0 Å². The molecule has 106 valence electrons. The highest BCUT2D eigenvalue weighted by Crippen LogP contribution is 2.13. The smallest absolute Gasteiger partial charge is 0.254 e. The van der Waals surface area contributed by atoms with Gasteiger partial charge in [-0.05, 0) is 30.4 Å². The number of aromatic nitrogens is 1. The number of thioether (sulfide) groups is 1. The van der Waals surface area contributed by atoms with Crippen LogP contribution in [0.5, 0.6) is 0 Å². The Hall–Kier alpha value is -1.23. The molecule has 2 N–H and O–H groups in total. The lowest BCUT2D eigenvalue weighted by molar-refractivity contribution is 0.0949. The van der Waals surface area contributed by atoms with E-state index in [2.05, 4.69) is 35.7 Å². The fourth-order valence-electron chi connectivity index (χ4n) is 1.69. The minimum absolute atomic E-state index is 0.0559. The quantitative estimate of drug-likeness (QED) is 0.769. The second kappa shape index (κ2) is 8.80. The third-order valence-electron chi connectivity index (χ3n) is 2.69. The summed E-state index contributed by atoms with van der Waals surface area (Å²) in [6.07, 6.45) is 6.41. The average molecular weight is 281 g/mol. The first-order valence-corrected chi connectivity index (χ1v) is 8.03. The number of anilines is 1. The van der Waals surface area contributed by atoms with Crippen molar-refractivity contribution in [2.24, 2.45) is 5.92 Å². The normalized spacial score (nSPS) is 11.9. The molecule has 0 fully saturated rings. The highest BCUT2D eigenvalue weighted by molar-refractivity contribution is 7.98. The fourth-order valence-corrected chi connectivity index (χ4v) is 2.38. The summed E-state index contributed by atoms with van der Waals surface area (Å²) in [5, 5.41) is 6.22. The van der Waals surface area contributed by atoms with Crippen LogP contribution < -0.4 is 10.6 Å². The van der Waals surface area contributed by atoms with Gasteiger partial charge in [0.05, 0.1) is 11.3 Å². The highest BCUT2D eigenvalue weighted by Gasteiger charge is 2.12. The topological polar surface area (TPSA) is 54.0 Å². The van der Waals surface area contributed by atoms with Crippen LogP contribution in [0.1, 0.15) is 30.6 Å². The molecule has 0 aliphatic rings.